The summed E-state index contributed by atoms with van der Waals surface area (Å²) in [5, 5.41) is 7.11. The van der Waals surface area contributed by atoms with Crippen LogP contribution in [0.5, 0.6) is 0 Å². The van der Waals surface area contributed by atoms with Crippen LogP contribution in [-0.2, 0) is 0 Å². The van der Waals surface area contributed by atoms with E-state index in [4.69, 9.17) is 0 Å². The van der Waals surface area contributed by atoms with E-state index in [1.54, 1.807) is 12.1 Å². The van der Waals surface area contributed by atoms with Crippen LogP contribution in [0.25, 0.3) is 0 Å². The van der Waals surface area contributed by atoms with E-state index in [-0.39, 0.29) is 41.8 Å². The minimum atomic E-state index is -0.0953. The molecule has 2 aliphatic rings. The van der Waals surface area contributed by atoms with Gasteiger partial charge in [0.25, 0.3) is 0 Å². The summed E-state index contributed by atoms with van der Waals surface area (Å²) in [6.07, 6.45) is 4.51. The van der Waals surface area contributed by atoms with Crippen molar-refractivity contribution in [1.29, 1.82) is 0 Å². The number of nitrogens with zero attached hydrogens (tertiary/aromatic N) is 2. The van der Waals surface area contributed by atoms with Crippen LogP contribution in [0.4, 0.5) is 4.39 Å². The minimum absolute atomic E-state index is 0. The quantitative estimate of drug-likeness (QED) is 0.375. The van der Waals surface area contributed by atoms with E-state index in [0.717, 1.165) is 50.4 Å². The third-order valence-electron chi connectivity index (χ3n) is 5.20. The molecule has 1 saturated heterocycles. The Hall–Kier alpha value is -0.890. The fourth-order valence-electron chi connectivity index (χ4n) is 3.75. The van der Waals surface area contributed by atoms with Crippen molar-refractivity contribution in [2.75, 3.05) is 26.2 Å². The Morgan fingerprint density at radius 3 is 2.58 bits per heavy atom. The highest BCUT2D eigenvalue weighted by atomic mass is 127. The summed E-state index contributed by atoms with van der Waals surface area (Å²) in [6, 6.07) is 7.88. The first-order chi connectivity index (χ1) is 12.2. The van der Waals surface area contributed by atoms with Gasteiger partial charge in [0.05, 0.1) is 0 Å². The maximum atomic E-state index is 13.9. The molecule has 2 atom stereocenters. The number of piperidine rings is 1. The molecule has 2 unspecified atom stereocenters. The lowest BCUT2D eigenvalue weighted by atomic mass is 10.1. The van der Waals surface area contributed by atoms with Crippen LogP contribution in [-0.4, -0.2) is 49.1 Å². The first-order valence-corrected chi connectivity index (χ1v) is 9.75. The minimum Gasteiger partial charge on any atom is -0.354 e. The van der Waals surface area contributed by atoms with E-state index >= 15 is 0 Å². The summed E-state index contributed by atoms with van der Waals surface area (Å²) < 4.78 is 13.9. The first-order valence-electron chi connectivity index (χ1n) is 9.75. The Morgan fingerprint density at radius 1 is 1.19 bits per heavy atom. The van der Waals surface area contributed by atoms with Crippen LogP contribution in [0.2, 0.25) is 0 Å². The molecule has 0 bridgehead atoms. The van der Waals surface area contributed by atoms with Crippen LogP contribution in [0.3, 0.4) is 0 Å². The van der Waals surface area contributed by atoms with Crippen LogP contribution in [0.15, 0.2) is 29.3 Å². The molecular weight excluding hydrogens is 442 g/mol. The van der Waals surface area contributed by atoms with E-state index in [2.05, 4.69) is 34.4 Å². The summed E-state index contributed by atoms with van der Waals surface area (Å²) in [5.74, 6) is 1.05. The highest BCUT2D eigenvalue weighted by molar-refractivity contribution is 14.0. The molecule has 1 aliphatic carbocycles. The zero-order chi connectivity index (χ0) is 17.6. The predicted octanol–water partition coefficient (Wildman–Crippen LogP) is 3.73. The number of hydrogen-bond donors (Lipinski definition) is 2. The molecule has 26 heavy (non-hydrogen) atoms. The zero-order valence-electron chi connectivity index (χ0n) is 15.9. The number of halogens is 2. The van der Waals surface area contributed by atoms with Gasteiger partial charge < -0.3 is 15.5 Å². The van der Waals surface area contributed by atoms with Crippen molar-refractivity contribution in [3.63, 3.8) is 0 Å². The smallest absolute Gasteiger partial charge is 0.191 e. The van der Waals surface area contributed by atoms with Crippen molar-refractivity contribution in [3.05, 3.63) is 35.6 Å². The van der Waals surface area contributed by atoms with Gasteiger partial charge in [0.2, 0.25) is 0 Å². The predicted molar refractivity (Wildman–Crippen MR) is 117 cm³/mol. The van der Waals surface area contributed by atoms with E-state index in [1.165, 1.54) is 13.0 Å². The molecule has 2 fully saturated rings. The summed E-state index contributed by atoms with van der Waals surface area (Å²) in [4.78, 5) is 7.13. The van der Waals surface area contributed by atoms with Gasteiger partial charge in [-0.25, -0.2) is 4.39 Å². The molecule has 1 aliphatic heterocycles. The van der Waals surface area contributed by atoms with Gasteiger partial charge in [0.1, 0.15) is 5.82 Å². The average molecular weight is 474 g/mol. The number of nitrogens with one attached hydrogen (secondary N) is 2. The molecule has 1 aromatic rings. The lowest BCUT2D eigenvalue weighted by Gasteiger charge is -2.33. The molecule has 2 N–H and O–H groups in total. The number of guanidine groups is 1. The Labute approximate surface area is 174 Å². The largest absolute Gasteiger partial charge is 0.354 e. The molecule has 3 rings (SSSR count). The molecule has 4 nitrogen and oxygen atoms in total. The Morgan fingerprint density at radius 2 is 1.92 bits per heavy atom. The molecule has 146 valence electrons. The third-order valence-corrected chi connectivity index (χ3v) is 5.20. The average Bonchev–Trinajstić information content (AvgIpc) is 3.36. The highest BCUT2D eigenvalue weighted by Crippen LogP contribution is 2.41. The lowest BCUT2D eigenvalue weighted by Crippen LogP contribution is -2.49. The summed E-state index contributed by atoms with van der Waals surface area (Å²) in [6.45, 7) is 8.56. The van der Waals surface area contributed by atoms with E-state index in [1.807, 2.05) is 12.1 Å². The van der Waals surface area contributed by atoms with Crippen molar-refractivity contribution in [3.8, 4) is 0 Å². The van der Waals surface area contributed by atoms with E-state index in [9.17, 15) is 4.39 Å². The molecule has 0 radical (unpaired) electrons. The van der Waals surface area contributed by atoms with Gasteiger partial charge in [-0.05, 0) is 50.8 Å². The fourth-order valence-corrected chi connectivity index (χ4v) is 3.75. The van der Waals surface area contributed by atoms with Crippen LogP contribution < -0.4 is 10.6 Å². The topological polar surface area (TPSA) is 39.7 Å². The fraction of sp³-hybridized carbons (Fsp3) is 0.650. The second-order valence-corrected chi connectivity index (χ2v) is 7.20. The standard InChI is InChI=1S/C20H31FN4.HI/c1-3-11-25-12-9-15(10-13-25)23-20(22-4-2)24-19-14-17(19)16-7-5-6-8-18(16)21;/h5-8,15,17,19H,3-4,9-14H2,1-2H3,(H2,22,23,24);1H. The van der Waals surface area contributed by atoms with Crippen LogP contribution >= 0.6 is 24.0 Å². The SMILES string of the molecule is CCCN1CCC(NC(=NCC)NC2CC2c2ccccc2F)CC1.I. The van der Waals surface area contributed by atoms with Crippen LogP contribution in [0, 0.1) is 5.82 Å². The maximum Gasteiger partial charge on any atom is 0.191 e. The normalized spacial score (nSPS) is 24.0. The molecule has 6 heteroatoms. The van der Waals surface area contributed by atoms with E-state index in [0.29, 0.717) is 6.04 Å². The highest BCUT2D eigenvalue weighted by Gasteiger charge is 2.40. The monoisotopic (exact) mass is 474 g/mol. The van der Waals surface area contributed by atoms with Gasteiger partial charge in [0, 0.05) is 37.6 Å². The van der Waals surface area contributed by atoms with Gasteiger partial charge in [-0.1, -0.05) is 25.1 Å². The first kappa shape index (κ1) is 21.4. The molecule has 1 saturated carbocycles. The Balaban J connectivity index is 0.00000243. The summed E-state index contributed by atoms with van der Waals surface area (Å²) in [7, 11) is 0. The zero-order valence-corrected chi connectivity index (χ0v) is 18.2. The number of aliphatic imine (C=N–C) groups is 1. The molecule has 1 heterocycles. The Bertz CT molecular complexity index is 587. The van der Waals surface area contributed by atoms with Gasteiger partial charge in [0.15, 0.2) is 5.96 Å². The lowest BCUT2D eigenvalue weighted by molar-refractivity contribution is 0.206. The molecular formula is C20H32FIN4. The van der Waals surface area contributed by atoms with Gasteiger partial charge in [-0.15, -0.1) is 24.0 Å². The van der Waals surface area contributed by atoms with Gasteiger partial charge in [-0.2, -0.15) is 0 Å². The second-order valence-electron chi connectivity index (χ2n) is 7.20. The third kappa shape index (κ3) is 5.81. The van der Waals surface area contributed by atoms with Crippen molar-refractivity contribution < 1.29 is 4.39 Å². The molecule has 0 amide bonds. The maximum absolute atomic E-state index is 13.9. The van der Waals surface area contributed by atoms with Crippen molar-refractivity contribution in [1.82, 2.24) is 15.5 Å². The van der Waals surface area contributed by atoms with Crippen LogP contribution in [0.1, 0.15) is 51.0 Å². The van der Waals surface area contributed by atoms with Gasteiger partial charge in [-0.3, -0.25) is 4.99 Å². The van der Waals surface area contributed by atoms with Crippen molar-refractivity contribution in [2.24, 2.45) is 4.99 Å². The Kier molecular flexibility index (Phi) is 8.60. The molecule has 1 aromatic carbocycles. The van der Waals surface area contributed by atoms with Gasteiger partial charge >= 0.3 is 0 Å². The van der Waals surface area contributed by atoms with Crippen molar-refractivity contribution in [2.45, 2.75) is 57.5 Å². The number of benzene rings is 1. The second kappa shape index (κ2) is 10.4. The van der Waals surface area contributed by atoms with Crippen molar-refractivity contribution >= 4 is 29.9 Å². The van der Waals surface area contributed by atoms with E-state index < -0.39 is 0 Å². The summed E-state index contributed by atoms with van der Waals surface area (Å²) >= 11 is 0. The number of likely N-dealkylation sites (tertiary alicyclic amines) is 1. The molecule has 0 spiro atoms. The molecule has 0 aromatic heterocycles. The summed E-state index contributed by atoms with van der Waals surface area (Å²) in [5.41, 5.74) is 0.823. The number of rotatable bonds is 6. The number of hydrogen-bond acceptors (Lipinski definition) is 2.